The van der Waals surface area contributed by atoms with Gasteiger partial charge in [0.25, 0.3) is 0 Å². The van der Waals surface area contributed by atoms with E-state index < -0.39 is 0 Å². The van der Waals surface area contributed by atoms with Gasteiger partial charge in [0.2, 0.25) is 5.91 Å². The number of nitrogens with one attached hydrogen (secondary N) is 1. The Morgan fingerprint density at radius 1 is 1.33 bits per heavy atom. The van der Waals surface area contributed by atoms with Gasteiger partial charge in [-0.2, -0.15) is 0 Å². The molecule has 0 aliphatic heterocycles. The van der Waals surface area contributed by atoms with Gasteiger partial charge in [0.05, 0.1) is 5.69 Å². The second-order valence-corrected chi connectivity index (χ2v) is 4.22. The Labute approximate surface area is 106 Å². The fraction of sp³-hybridized carbons (Fsp3) is 0.286. The van der Waals surface area contributed by atoms with Crippen molar-refractivity contribution < 1.29 is 9.21 Å². The number of aryl methyl sites for hydroxylation is 3. The van der Waals surface area contributed by atoms with Crippen LogP contribution < -0.4 is 5.32 Å². The van der Waals surface area contributed by atoms with Gasteiger partial charge in [-0.1, -0.05) is 18.2 Å². The minimum absolute atomic E-state index is 0.00930. The van der Waals surface area contributed by atoms with Gasteiger partial charge in [-0.3, -0.25) is 4.79 Å². The van der Waals surface area contributed by atoms with Gasteiger partial charge in [0.15, 0.2) is 5.89 Å². The number of hydrogen-bond donors (Lipinski definition) is 1. The van der Waals surface area contributed by atoms with Gasteiger partial charge in [-0.05, 0) is 18.6 Å². The topological polar surface area (TPSA) is 55.1 Å². The molecule has 1 aromatic heterocycles. The number of rotatable bonds is 4. The van der Waals surface area contributed by atoms with Crippen LogP contribution in [0.1, 0.15) is 23.6 Å². The van der Waals surface area contributed by atoms with Crippen molar-refractivity contribution >= 4 is 11.6 Å². The van der Waals surface area contributed by atoms with Gasteiger partial charge in [-0.15, -0.1) is 0 Å². The highest BCUT2D eigenvalue weighted by Crippen LogP contribution is 2.13. The first-order valence-electron chi connectivity index (χ1n) is 5.91. The molecule has 0 bridgehead atoms. The molecule has 18 heavy (non-hydrogen) atoms. The summed E-state index contributed by atoms with van der Waals surface area (Å²) in [6, 6.07) is 7.72. The minimum Gasteiger partial charge on any atom is -0.449 e. The quantitative estimate of drug-likeness (QED) is 0.899. The molecule has 2 aromatic rings. The monoisotopic (exact) mass is 244 g/mol. The van der Waals surface area contributed by atoms with Crippen LogP contribution in [0.3, 0.4) is 0 Å². The summed E-state index contributed by atoms with van der Waals surface area (Å²) in [5.74, 6) is 0.620. The highest BCUT2D eigenvalue weighted by molar-refractivity contribution is 5.91. The van der Waals surface area contributed by atoms with Crippen LogP contribution in [0.25, 0.3) is 0 Å². The van der Waals surface area contributed by atoms with Crippen LogP contribution in [-0.2, 0) is 11.2 Å². The lowest BCUT2D eigenvalue weighted by Crippen LogP contribution is -2.13. The van der Waals surface area contributed by atoms with Gasteiger partial charge in [-0.25, -0.2) is 4.98 Å². The zero-order valence-corrected chi connectivity index (χ0v) is 10.6. The van der Waals surface area contributed by atoms with Crippen LogP contribution in [0.2, 0.25) is 0 Å². The SMILES string of the molecule is Cc1nc(CCC(=O)Nc2ccccc2C)co1. The molecule has 0 saturated carbocycles. The fourth-order valence-corrected chi connectivity index (χ4v) is 1.69. The highest BCUT2D eigenvalue weighted by atomic mass is 16.3. The number of benzene rings is 1. The molecule has 1 N–H and O–H groups in total. The number of hydrogen-bond acceptors (Lipinski definition) is 3. The van der Waals surface area contributed by atoms with Crippen LogP contribution >= 0.6 is 0 Å². The maximum absolute atomic E-state index is 11.8. The molecule has 0 aliphatic rings. The summed E-state index contributed by atoms with van der Waals surface area (Å²) in [4.78, 5) is 15.9. The van der Waals surface area contributed by atoms with Crippen LogP contribution in [0, 0.1) is 13.8 Å². The van der Waals surface area contributed by atoms with Crippen LogP contribution in [-0.4, -0.2) is 10.9 Å². The van der Waals surface area contributed by atoms with Gasteiger partial charge in [0, 0.05) is 25.5 Å². The van der Waals surface area contributed by atoms with E-state index in [1.54, 1.807) is 13.2 Å². The summed E-state index contributed by atoms with van der Waals surface area (Å²) < 4.78 is 5.09. The Kier molecular flexibility index (Phi) is 3.77. The van der Waals surface area contributed by atoms with Crippen molar-refractivity contribution in [3.05, 3.63) is 47.7 Å². The number of carbonyl (C=O) groups excluding carboxylic acids is 1. The third-order valence-electron chi connectivity index (χ3n) is 2.69. The van der Waals surface area contributed by atoms with E-state index in [9.17, 15) is 4.79 Å². The molecule has 2 rings (SSSR count). The zero-order chi connectivity index (χ0) is 13.0. The van der Waals surface area contributed by atoms with Crippen molar-refractivity contribution in [1.29, 1.82) is 0 Å². The Hall–Kier alpha value is -2.10. The largest absolute Gasteiger partial charge is 0.449 e. The number of anilines is 1. The lowest BCUT2D eigenvalue weighted by Gasteiger charge is -2.07. The molecule has 0 aliphatic carbocycles. The number of oxazole rings is 1. The molecule has 1 heterocycles. The maximum atomic E-state index is 11.8. The minimum atomic E-state index is -0.00930. The van der Waals surface area contributed by atoms with Crippen molar-refractivity contribution in [3.8, 4) is 0 Å². The van der Waals surface area contributed by atoms with Crippen LogP contribution in [0.5, 0.6) is 0 Å². The van der Waals surface area contributed by atoms with Gasteiger partial charge >= 0.3 is 0 Å². The average molecular weight is 244 g/mol. The Balaban J connectivity index is 1.88. The molecule has 1 aromatic carbocycles. The normalized spacial score (nSPS) is 10.3. The van der Waals surface area contributed by atoms with E-state index in [-0.39, 0.29) is 5.91 Å². The summed E-state index contributed by atoms with van der Waals surface area (Å²) in [6.07, 6.45) is 2.59. The Bertz CT molecular complexity index is 546. The first-order valence-corrected chi connectivity index (χ1v) is 5.91. The summed E-state index contributed by atoms with van der Waals surface area (Å²) in [5, 5.41) is 2.89. The molecular weight excluding hydrogens is 228 g/mol. The second kappa shape index (κ2) is 5.49. The molecule has 0 radical (unpaired) electrons. The Morgan fingerprint density at radius 2 is 2.11 bits per heavy atom. The zero-order valence-electron chi connectivity index (χ0n) is 10.6. The number of para-hydroxylation sites is 1. The van der Waals surface area contributed by atoms with Gasteiger partial charge < -0.3 is 9.73 Å². The van der Waals surface area contributed by atoms with E-state index in [4.69, 9.17) is 4.42 Å². The predicted octanol–water partition coefficient (Wildman–Crippen LogP) is 2.86. The smallest absolute Gasteiger partial charge is 0.224 e. The summed E-state index contributed by atoms with van der Waals surface area (Å²) >= 11 is 0. The number of carbonyl (C=O) groups is 1. The average Bonchev–Trinajstić information content (AvgIpc) is 2.76. The van der Waals surface area contributed by atoms with E-state index >= 15 is 0 Å². The molecule has 0 atom stereocenters. The second-order valence-electron chi connectivity index (χ2n) is 4.22. The van der Waals surface area contributed by atoms with Crippen molar-refractivity contribution in [2.45, 2.75) is 26.7 Å². The van der Waals surface area contributed by atoms with Gasteiger partial charge in [0.1, 0.15) is 6.26 Å². The molecule has 1 amide bonds. The lowest BCUT2D eigenvalue weighted by molar-refractivity contribution is -0.116. The molecule has 4 nitrogen and oxygen atoms in total. The standard InChI is InChI=1S/C14H16N2O2/c1-10-5-3-4-6-13(10)16-14(17)8-7-12-9-18-11(2)15-12/h3-6,9H,7-8H2,1-2H3,(H,16,17). The first-order chi connectivity index (χ1) is 8.65. The molecular formula is C14H16N2O2. The number of aromatic nitrogens is 1. The highest BCUT2D eigenvalue weighted by Gasteiger charge is 2.06. The van der Waals surface area contributed by atoms with E-state index in [0.717, 1.165) is 16.9 Å². The van der Waals surface area contributed by atoms with Crippen molar-refractivity contribution in [2.24, 2.45) is 0 Å². The van der Waals surface area contributed by atoms with Crippen molar-refractivity contribution in [3.63, 3.8) is 0 Å². The van der Waals surface area contributed by atoms with E-state index in [1.807, 2.05) is 31.2 Å². The Morgan fingerprint density at radius 3 is 2.78 bits per heavy atom. The van der Waals surface area contributed by atoms with E-state index in [1.165, 1.54) is 0 Å². The molecule has 0 saturated heterocycles. The summed E-state index contributed by atoms with van der Waals surface area (Å²) in [6.45, 7) is 3.76. The summed E-state index contributed by atoms with van der Waals surface area (Å²) in [7, 11) is 0. The third-order valence-corrected chi connectivity index (χ3v) is 2.69. The number of nitrogens with zero attached hydrogens (tertiary/aromatic N) is 1. The molecule has 0 spiro atoms. The molecule has 0 fully saturated rings. The summed E-state index contributed by atoms with van der Waals surface area (Å²) in [5.41, 5.74) is 2.73. The van der Waals surface area contributed by atoms with E-state index in [2.05, 4.69) is 10.3 Å². The number of amides is 1. The van der Waals surface area contributed by atoms with Crippen molar-refractivity contribution in [1.82, 2.24) is 4.98 Å². The molecule has 0 unspecified atom stereocenters. The lowest BCUT2D eigenvalue weighted by atomic mass is 10.2. The van der Waals surface area contributed by atoms with E-state index in [0.29, 0.717) is 18.7 Å². The fourth-order valence-electron chi connectivity index (χ4n) is 1.69. The molecule has 94 valence electrons. The predicted molar refractivity (Wildman–Crippen MR) is 69.4 cm³/mol. The molecule has 4 heteroatoms. The first kappa shape index (κ1) is 12.4. The van der Waals surface area contributed by atoms with Crippen molar-refractivity contribution in [2.75, 3.05) is 5.32 Å². The van der Waals surface area contributed by atoms with Crippen LogP contribution in [0.15, 0.2) is 34.9 Å². The third kappa shape index (κ3) is 3.20. The van der Waals surface area contributed by atoms with Crippen LogP contribution in [0.4, 0.5) is 5.69 Å². The maximum Gasteiger partial charge on any atom is 0.224 e.